The SMILES string of the molecule is CCCNC(CC1CCCc2ccccc21)C(C)C1CC1. The fraction of sp³-hybridized carbons (Fsp3) is 0.700. The Morgan fingerprint density at radius 1 is 1.19 bits per heavy atom. The van der Waals surface area contributed by atoms with Crippen molar-refractivity contribution in [3.05, 3.63) is 35.4 Å². The third kappa shape index (κ3) is 3.69. The van der Waals surface area contributed by atoms with Gasteiger partial charge in [0.25, 0.3) is 0 Å². The summed E-state index contributed by atoms with van der Waals surface area (Å²) in [6.45, 7) is 5.94. The number of benzene rings is 1. The molecule has 0 radical (unpaired) electrons. The van der Waals surface area contributed by atoms with E-state index in [4.69, 9.17) is 0 Å². The monoisotopic (exact) mass is 285 g/mol. The Bertz CT molecular complexity index is 449. The highest BCUT2D eigenvalue weighted by Gasteiger charge is 2.34. The fourth-order valence-corrected chi connectivity index (χ4v) is 4.17. The van der Waals surface area contributed by atoms with Crippen LogP contribution in [0.5, 0.6) is 0 Å². The van der Waals surface area contributed by atoms with Crippen molar-refractivity contribution in [3.8, 4) is 0 Å². The number of aryl methyl sites for hydroxylation is 1. The summed E-state index contributed by atoms with van der Waals surface area (Å²) in [6, 6.07) is 9.89. The molecule has 2 aliphatic rings. The van der Waals surface area contributed by atoms with Gasteiger partial charge in [0.1, 0.15) is 0 Å². The molecule has 116 valence electrons. The van der Waals surface area contributed by atoms with Gasteiger partial charge in [-0.3, -0.25) is 0 Å². The summed E-state index contributed by atoms with van der Waals surface area (Å²) >= 11 is 0. The van der Waals surface area contributed by atoms with Gasteiger partial charge in [-0.05, 0) is 80.4 Å². The molecule has 3 atom stereocenters. The zero-order valence-electron chi connectivity index (χ0n) is 13.8. The van der Waals surface area contributed by atoms with Crippen LogP contribution in [0.1, 0.15) is 69.4 Å². The van der Waals surface area contributed by atoms with Crippen molar-refractivity contribution in [1.82, 2.24) is 5.32 Å². The molecule has 0 heterocycles. The second kappa shape index (κ2) is 6.96. The minimum Gasteiger partial charge on any atom is -0.314 e. The van der Waals surface area contributed by atoms with Crippen molar-refractivity contribution in [3.63, 3.8) is 0 Å². The van der Waals surface area contributed by atoms with Gasteiger partial charge < -0.3 is 5.32 Å². The minimum absolute atomic E-state index is 0.716. The Morgan fingerprint density at radius 3 is 2.76 bits per heavy atom. The first-order chi connectivity index (χ1) is 10.3. The summed E-state index contributed by atoms with van der Waals surface area (Å²) in [6.07, 6.45) is 9.57. The summed E-state index contributed by atoms with van der Waals surface area (Å²) in [4.78, 5) is 0. The molecule has 0 saturated heterocycles. The topological polar surface area (TPSA) is 12.0 Å². The molecule has 3 rings (SSSR count). The number of hydrogen-bond donors (Lipinski definition) is 1. The lowest BCUT2D eigenvalue weighted by molar-refractivity contribution is 0.298. The van der Waals surface area contributed by atoms with E-state index in [-0.39, 0.29) is 0 Å². The van der Waals surface area contributed by atoms with E-state index in [2.05, 4.69) is 43.4 Å². The zero-order valence-corrected chi connectivity index (χ0v) is 13.8. The number of rotatable bonds is 7. The van der Waals surface area contributed by atoms with Crippen LogP contribution in [0.15, 0.2) is 24.3 Å². The normalized spacial score (nSPS) is 24.4. The van der Waals surface area contributed by atoms with E-state index in [1.54, 1.807) is 11.1 Å². The van der Waals surface area contributed by atoms with Crippen molar-refractivity contribution >= 4 is 0 Å². The van der Waals surface area contributed by atoms with Crippen molar-refractivity contribution in [2.24, 2.45) is 11.8 Å². The highest BCUT2D eigenvalue weighted by atomic mass is 14.9. The number of hydrogen-bond acceptors (Lipinski definition) is 1. The van der Waals surface area contributed by atoms with Gasteiger partial charge in [-0.1, -0.05) is 38.1 Å². The molecule has 0 amide bonds. The lowest BCUT2D eigenvalue weighted by atomic mass is 9.77. The molecule has 1 aromatic rings. The van der Waals surface area contributed by atoms with Crippen LogP contribution in [0.4, 0.5) is 0 Å². The highest BCUT2D eigenvalue weighted by molar-refractivity contribution is 5.32. The summed E-state index contributed by atoms with van der Waals surface area (Å²) < 4.78 is 0. The van der Waals surface area contributed by atoms with E-state index in [9.17, 15) is 0 Å². The van der Waals surface area contributed by atoms with Crippen molar-refractivity contribution in [2.45, 2.75) is 70.8 Å². The molecule has 3 unspecified atom stereocenters. The van der Waals surface area contributed by atoms with E-state index in [0.29, 0.717) is 6.04 Å². The van der Waals surface area contributed by atoms with Crippen LogP contribution in [0.25, 0.3) is 0 Å². The lowest BCUT2D eigenvalue weighted by Crippen LogP contribution is -2.38. The van der Waals surface area contributed by atoms with E-state index in [1.807, 2.05) is 0 Å². The third-order valence-electron chi connectivity index (χ3n) is 5.69. The molecule has 0 spiro atoms. The zero-order chi connectivity index (χ0) is 14.7. The second-order valence-corrected chi connectivity index (χ2v) is 7.28. The Morgan fingerprint density at radius 2 is 2.00 bits per heavy atom. The van der Waals surface area contributed by atoms with E-state index >= 15 is 0 Å². The van der Waals surface area contributed by atoms with E-state index in [1.165, 1.54) is 51.5 Å². The van der Waals surface area contributed by atoms with Gasteiger partial charge in [0.05, 0.1) is 0 Å². The fourth-order valence-electron chi connectivity index (χ4n) is 4.17. The minimum atomic E-state index is 0.716. The van der Waals surface area contributed by atoms with Crippen molar-refractivity contribution in [2.75, 3.05) is 6.54 Å². The van der Waals surface area contributed by atoms with Crippen LogP contribution < -0.4 is 5.32 Å². The molecular formula is C20H31N. The predicted octanol–water partition coefficient (Wildman–Crippen LogP) is 4.91. The van der Waals surface area contributed by atoms with Crippen LogP contribution in [-0.2, 0) is 6.42 Å². The standard InChI is InChI=1S/C20H31N/c1-3-13-21-20(15(2)16-11-12-16)14-18-9-6-8-17-7-4-5-10-19(17)18/h4-5,7,10,15-16,18,20-21H,3,6,8-9,11-14H2,1-2H3. The van der Waals surface area contributed by atoms with Crippen LogP contribution in [-0.4, -0.2) is 12.6 Å². The first kappa shape index (κ1) is 15.1. The molecule has 21 heavy (non-hydrogen) atoms. The predicted molar refractivity (Wildman–Crippen MR) is 90.7 cm³/mol. The van der Waals surface area contributed by atoms with Gasteiger partial charge in [-0.2, -0.15) is 0 Å². The molecule has 1 saturated carbocycles. The van der Waals surface area contributed by atoms with Gasteiger partial charge >= 0.3 is 0 Å². The summed E-state index contributed by atoms with van der Waals surface area (Å²) in [5.41, 5.74) is 3.26. The number of nitrogens with one attached hydrogen (secondary N) is 1. The van der Waals surface area contributed by atoms with Crippen LogP contribution in [0.2, 0.25) is 0 Å². The maximum absolute atomic E-state index is 3.87. The lowest BCUT2D eigenvalue weighted by Gasteiger charge is -2.32. The Balaban J connectivity index is 1.70. The summed E-state index contributed by atoms with van der Waals surface area (Å²) in [5, 5.41) is 3.87. The van der Waals surface area contributed by atoms with Crippen LogP contribution in [0.3, 0.4) is 0 Å². The smallest absolute Gasteiger partial charge is 0.0101 e. The second-order valence-electron chi connectivity index (χ2n) is 7.28. The first-order valence-electron chi connectivity index (χ1n) is 9.10. The molecule has 1 aromatic carbocycles. The van der Waals surface area contributed by atoms with Crippen molar-refractivity contribution < 1.29 is 0 Å². The maximum atomic E-state index is 3.87. The van der Waals surface area contributed by atoms with Gasteiger partial charge in [-0.15, -0.1) is 0 Å². The molecule has 0 bridgehead atoms. The quantitative estimate of drug-likeness (QED) is 0.750. The third-order valence-corrected chi connectivity index (χ3v) is 5.69. The van der Waals surface area contributed by atoms with Crippen LogP contribution >= 0.6 is 0 Å². The molecule has 1 fully saturated rings. The van der Waals surface area contributed by atoms with E-state index < -0.39 is 0 Å². The molecule has 2 aliphatic carbocycles. The highest BCUT2D eigenvalue weighted by Crippen LogP contribution is 2.42. The van der Waals surface area contributed by atoms with Gasteiger partial charge in [0, 0.05) is 6.04 Å². The van der Waals surface area contributed by atoms with Gasteiger partial charge in [0.15, 0.2) is 0 Å². The number of fused-ring (bicyclic) bond motifs is 1. The van der Waals surface area contributed by atoms with Crippen molar-refractivity contribution in [1.29, 1.82) is 0 Å². The molecule has 1 nitrogen and oxygen atoms in total. The largest absolute Gasteiger partial charge is 0.314 e. The molecule has 0 aliphatic heterocycles. The van der Waals surface area contributed by atoms with Gasteiger partial charge in [-0.25, -0.2) is 0 Å². The van der Waals surface area contributed by atoms with Gasteiger partial charge in [0.2, 0.25) is 0 Å². The van der Waals surface area contributed by atoms with E-state index in [0.717, 1.165) is 17.8 Å². The Hall–Kier alpha value is -0.820. The molecule has 0 aromatic heterocycles. The molecular weight excluding hydrogens is 254 g/mol. The summed E-state index contributed by atoms with van der Waals surface area (Å²) in [5.74, 6) is 2.63. The molecule has 1 heteroatoms. The summed E-state index contributed by atoms with van der Waals surface area (Å²) in [7, 11) is 0. The first-order valence-corrected chi connectivity index (χ1v) is 9.10. The Kier molecular flexibility index (Phi) is 5.00. The average molecular weight is 285 g/mol. The Labute approximate surface area is 130 Å². The van der Waals surface area contributed by atoms with Crippen LogP contribution in [0, 0.1) is 11.8 Å². The molecule has 1 N–H and O–H groups in total. The average Bonchev–Trinajstić information content (AvgIpc) is 3.35. The maximum Gasteiger partial charge on any atom is 0.0101 e.